The highest BCUT2D eigenvalue weighted by Crippen LogP contribution is 2.49. The molecule has 0 spiro atoms. The van der Waals surface area contributed by atoms with E-state index < -0.39 is 5.60 Å². The van der Waals surface area contributed by atoms with Gasteiger partial charge in [0.1, 0.15) is 5.60 Å². The van der Waals surface area contributed by atoms with E-state index in [9.17, 15) is 9.90 Å². The van der Waals surface area contributed by atoms with Crippen LogP contribution in [0.15, 0.2) is 42.5 Å². The van der Waals surface area contributed by atoms with Crippen molar-refractivity contribution in [2.75, 3.05) is 6.54 Å². The molecule has 0 bridgehead atoms. The van der Waals surface area contributed by atoms with E-state index in [4.69, 9.17) is 0 Å². The Morgan fingerprint density at radius 2 is 2.05 bits per heavy atom. The quantitative estimate of drug-likeness (QED) is 0.890. The Hall–Kier alpha value is -1.65. The van der Waals surface area contributed by atoms with E-state index in [2.05, 4.69) is 24.4 Å². The Morgan fingerprint density at radius 3 is 2.68 bits per heavy atom. The first-order chi connectivity index (χ1) is 10.5. The lowest BCUT2D eigenvalue weighted by Crippen LogP contribution is -2.39. The number of amides is 1. The molecule has 22 heavy (non-hydrogen) atoms. The second-order valence-electron chi connectivity index (χ2n) is 6.25. The van der Waals surface area contributed by atoms with E-state index >= 15 is 0 Å². The predicted molar refractivity (Wildman–Crippen MR) is 88.9 cm³/mol. The van der Waals surface area contributed by atoms with Crippen molar-refractivity contribution in [1.29, 1.82) is 0 Å². The van der Waals surface area contributed by atoms with Crippen molar-refractivity contribution in [2.24, 2.45) is 5.92 Å². The van der Waals surface area contributed by atoms with Crippen molar-refractivity contribution in [2.45, 2.75) is 31.8 Å². The van der Waals surface area contributed by atoms with Crippen LogP contribution in [-0.2, 0) is 10.4 Å². The maximum Gasteiger partial charge on any atom is 0.223 e. The summed E-state index contributed by atoms with van der Waals surface area (Å²) in [5.74, 6) is 0.470. The van der Waals surface area contributed by atoms with Crippen LogP contribution in [-0.4, -0.2) is 17.6 Å². The normalized spacial score (nSPS) is 22.9. The lowest BCUT2D eigenvalue weighted by Gasteiger charge is -2.24. The van der Waals surface area contributed by atoms with Crippen LogP contribution in [0.1, 0.15) is 34.6 Å². The summed E-state index contributed by atoms with van der Waals surface area (Å²) in [6.07, 6.45) is 0.916. The van der Waals surface area contributed by atoms with Gasteiger partial charge in [0.15, 0.2) is 0 Å². The SMILES string of the molecule is Cc1ccc(C2CC2C(=O)NCC(C)(O)c2ccccc2)s1. The number of carbonyl (C=O) groups is 1. The van der Waals surface area contributed by atoms with Gasteiger partial charge in [-0.1, -0.05) is 30.3 Å². The molecule has 1 heterocycles. The molecular weight excluding hydrogens is 294 g/mol. The summed E-state index contributed by atoms with van der Waals surface area (Å²) in [6, 6.07) is 13.7. The minimum absolute atomic E-state index is 0.0484. The largest absolute Gasteiger partial charge is 0.384 e. The van der Waals surface area contributed by atoms with Gasteiger partial charge in [-0.2, -0.15) is 0 Å². The van der Waals surface area contributed by atoms with Crippen molar-refractivity contribution >= 4 is 17.2 Å². The fraction of sp³-hybridized carbons (Fsp3) is 0.389. The Labute approximate surface area is 135 Å². The van der Waals surface area contributed by atoms with Crippen molar-refractivity contribution in [3.63, 3.8) is 0 Å². The van der Waals surface area contributed by atoms with Gasteiger partial charge in [0.05, 0.1) is 6.54 Å². The topological polar surface area (TPSA) is 49.3 Å². The highest BCUT2D eigenvalue weighted by molar-refractivity contribution is 7.12. The molecule has 1 aliphatic carbocycles. The number of hydrogen-bond donors (Lipinski definition) is 2. The fourth-order valence-corrected chi connectivity index (χ4v) is 3.80. The van der Waals surface area contributed by atoms with Crippen molar-refractivity contribution in [1.82, 2.24) is 5.32 Å². The third-order valence-corrected chi connectivity index (χ3v) is 5.39. The minimum Gasteiger partial charge on any atom is -0.384 e. The molecule has 3 rings (SSSR count). The molecule has 1 amide bonds. The van der Waals surface area contributed by atoms with Gasteiger partial charge in [0.2, 0.25) is 5.91 Å². The zero-order chi connectivity index (χ0) is 15.7. The molecular formula is C18H21NO2S. The van der Waals surface area contributed by atoms with Crippen LogP contribution in [0.5, 0.6) is 0 Å². The van der Waals surface area contributed by atoms with Crippen LogP contribution in [0.25, 0.3) is 0 Å². The Morgan fingerprint density at radius 1 is 1.32 bits per heavy atom. The number of rotatable bonds is 5. The number of aryl methyl sites for hydroxylation is 1. The maximum atomic E-state index is 12.3. The predicted octanol–water partition coefficient (Wildman–Crippen LogP) is 3.18. The molecule has 2 aromatic rings. The molecule has 2 N–H and O–H groups in total. The summed E-state index contributed by atoms with van der Waals surface area (Å²) in [5, 5.41) is 13.4. The van der Waals surface area contributed by atoms with Gasteiger partial charge in [-0.15, -0.1) is 11.3 Å². The zero-order valence-electron chi connectivity index (χ0n) is 12.9. The number of carbonyl (C=O) groups excluding carboxylic acids is 1. The van der Waals surface area contributed by atoms with Crippen LogP contribution in [0.2, 0.25) is 0 Å². The molecule has 4 heteroatoms. The molecule has 0 saturated heterocycles. The third-order valence-electron chi connectivity index (χ3n) is 4.26. The van der Waals surface area contributed by atoms with E-state index in [0.29, 0.717) is 5.92 Å². The van der Waals surface area contributed by atoms with Crippen LogP contribution in [0.3, 0.4) is 0 Å². The molecule has 1 saturated carbocycles. The number of benzene rings is 1. The van der Waals surface area contributed by atoms with Gasteiger partial charge in [-0.05, 0) is 38.0 Å². The lowest BCUT2D eigenvalue weighted by atomic mass is 9.96. The van der Waals surface area contributed by atoms with Gasteiger partial charge in [-0.3, -0.25) is 4.79 Å². The van der Waals surface area contributed by atoms with Crippen LogP contribution >= 0.6 is 11.3 Å². The third kappa shape index (κ3) is 3.23. The van der Waals surface area contributed by atoms with E-state index in [1.54, 1.807) is 18.3 Å². The Bertz CT molecular complexity index is 663. The van der Waals surface area contributed by atoms with Crippen LogP contribution in [0, 0.1) is 12.8 Å². The van der Waals surface area contributed by atoms with E-state index in [1.165, 1.54) is 9.75 Å². The standard InChI is InChI=1S/C18H21NO2S/c1-12-8-9-16(22-12)14-10-15(14)17(20)19-11-18(2,21)13-6-4-3-5-7-13/h3-9,14-15,21H,10-11H2,1-2H3,(H,19,20). The number of hydrogen-bond acceptors (Lipinski definition) is 3. The number of aliphatic hydroxyl groups is 1. The van der Waals surface area contributed by atoms with Gasteiger partial charge in [0, 0.05) is 21.6 Å². The molecule has 3 atom stereocenters. The molecule has 1 aromatic heterocycles. The summed E-state index contributed by atoms with van der Waals surface area (Å²) in [4.78, 5) is 14.8. The van der Waals surface area contributed by atoms with E-state index in [1.807, 2.05) is 30.3 Å². The molecule has 1 aliphatic rings. The number of thiophene rings is 1. The molecule has 3 nitrogen and oxygen atoms in total. The smallest absolute Gasteiger partial charge is 0.223 e. The lowest BCUT2D eigenvalue weighted by molar-refractivity contribution is -0.123. The van der Waals surface area contributed by atoms with Crippen molar-refractivity contribution in [3.05, 3.63) is 57.8 Å². The Kier molecular flexibility index (Phi) is 4.06. The molecule has 3 unspecified atom stereocenters. The van der Waals surface area contributed by atoms with Gasteiger partial charge in [0.25, 0.3) is 0 Å². The summed E-state index contributed by atoms with van der Waals surface area (Å²) < 4.78 is 0. The molecule has 116 valence electrons. The first-order valence-corrected chi connectivity index (χ1v) is 8.41. The molecule has 1 aromatic carbocycles. The van der Waals surface area contributed by atoms with E-state index in [0.717, 1.165) is 12.0 Å². The number of nitrogens with one attached hydrogen (secondary N) is 1. The highest BCUT2D eigenvalue weighted by Gasteiger charge is 2.45. The second-order valence-corrected chi connectivity index (χ2v) is 7.57. The highest BCUT2D eigenvalue weighted by atomic mass is 32.1. The van der Waals surface area contributed by atoms with Crippen molar-refractivity contribution in [3.8, 4) is 0 Å². The van der Waals surface area contributed by atoms with Gasteiger partial charge < -0.3 is 10.4 Å². The summed E-state index contributed by atoms with van der Waals surface area (Å²) in [7, 11) is 0. The Balaban J connectivity index is 1.55. The van der Waals surface area contributed by atoms with E-state index in [-0.39, 0.29) is 18.4 Å². The fourth-order valence-electron chi connectivity index (χ4n) is 2.74. The first kappa shape index (κ1) is 15.3. The zero-order valence-corrected chi connectivity index (χ0v) is 13.7. The van der Waals surface area contributed by atoms with Crippen LogP contribution < -0.4 is 5.32 Å². The van der Waals surface area contributed by atoms with Gasteiger partial charge in [-0.25, -0.2) is 0 Å². The first-order valence-electron chi connectivity index (χ1n) is 7.59. The summed E-state index contributed by atoms with van der Waals surface area (Å²) >= 11 is 1.77. The second kappa shape index (κ2) is 5.86. The summed E-state index contributed by atoms with van der Waals surface area (Å²) in [6.45, 7) is 4.06. The molecule has 0 aliphatic heterocycles. The average Bonchev–Trinajstić information content (AvgIpc) is 3.20. The van der Waals surface area contributed by atoms with Gasteiger partial charge >= 0.3 is 0 Å². The monoisotopic (exact) mass is 315 g/mol. The van der Waals surface area contributed by atoms with Crippen LogP contribution in [0.4, 0.5) is 0 Å². The minimum atomic E-state index is -1.04. The molecule has 0 radical (unpaired) electrons. The maximum absolute atomic E-state index is 12.3. The average molecular weight is 315 g/mol. The molecule has 1 fully saturated rings. The summed E-state index contributed by atoms with van der Waals surface area (Å²) in [5.41, 5.74) is -0.225. The van der Waals surface area contributed by atoms with Crippen molar-refractivity contribution < 1.29 is 9.90 Å².